The lowest BCUT2D eigenvalue weighted by atomic mass is 9.81. The summed E-state index contributed by atoms with van der Waals surface area (Å²) in [6.07, 6.45) is 5.09. The first-order valence-corrected chi connectivity index (χ1v) is 7.17. The van der Waals surface area contributed by atoms with Crippen molar-refractivity contribution in [2.45, 2.75) is 54.4 Å². The summed E-state index contributed by atoms with van der Waals surface area (Å²) in [5.74, 6) is 2.36. The molecule has 1 rings (SSSR count). The predicted octanol–water partition coefficient (Wildman–Crippen LogP) is 4.25. The van der Waals surface area contributed by atoms with Crippen LogP contribution in [-0.2, 0) is 0 Å². The van der Waals surface area contributed by atoms with Gasteiger partial charge in [-0.2, -0.15) is 0 Å². The summed E-state index contributed by atoms with van der Waals surface area (Å²) in [4.78, 5) is 0. The Morgan fingerprint density at radius 1 is 1.41 bits per heavy atom. The minimum Gasteiger partial charge on any atom is -0.316 e. The maximum absolute atomic E-state index is 3.68. The van der Waals surface area contributed by atoms with Crippen molar-refractivity contribution in [1.82, 2.24) is 5.32 Å². The predicted molar refractivity (Wildman–Crippen MR) is 77.1 cm³/mol. The van der Waals surface area contributed by atoms with Crippen LogP contribution in [0.1, 0.15) is 54.4 Å². The molecule has 0 radical (unpaired) electrons. The van der Waals surface area contributed by atoms with E-state index in [0.29, 0.717) is 5.41 Å². The van der Waals surface area contributed by atoms with Gasteiger partial charge < -0.3 is 5.32 Å². The molecule has 1 N–H and O–H groups in total. The van der Waals surface area contributed by atoms with Crippen LogP contribution in [0, 0.1) is 23.2 Å². The zero-order valence-electron chi connectivity index (χ0n) is 12.6. The largest absolute Gasteiger partial charge is 0.316 e. The molecule has 100 valence electrons. The highest BCUT2D eigenvalue weighted by atomic mass is 14.9. The molecule has 0 aromatic heterocycles. The average molecular weight is 237 g/mol. The first-order chi connectivity index (χ1) is 7.79. The van der Waals surface area contributed by atoms with Crippen LogP contribution in [0.2, 0.25) is 0 Å². The van der Waals surface area contributed by atoms with Gasteiger partial charge in [-0.05, 0) is 56.0 Å². The molecule has 1 aliphatic rings. The first kappa shape index (κ1) is 14.8. The maximum Gasteiger partial charge on any atom is -0.00171 e. The molecule has 1 nitrogen and oxygen atoms in total. The lowest BCUT2D eigenvalue weighted by Crippen LogP contribution is -2.33. The summed E-state index contributed by atoms with van der Waals surface area (Å²) in [5, 5.41) is 3.68. The lowest BCUT2D eigenvalue weighted by Gasteiger charge is -2.30. The zero-order valence-corrected chi connectivity index (χ0v) is 12.6. The summed E-state index contributed by atoms with van der Waals surface area (Å²) in [6.45, 7) is 16.3. The summed E-state index contributed by atoms with van der Waals surface area (Å²) in [6, 6.07) is 0. The Bertz CT molecular complexity index is 259. The summed E-state index contributed by atoms with van der Waals surface area (Å²) in [5.41, 5.74) is 2.00. The Balaban J connectivity index is 2.26. The summed E-state index contributed by atoms with van der Waals surface area (Å²) < 4.78 is 0. The second-order valence-corrected chi connectivity index (χ2v) is 7.22. The fraction of sp³-hybridized carbons (Fsp3) is 0.875. The molecule has 0 amide bonds. The molecular weight excluding hydrogens is 206 g/mol. The van der Waals surface area contributed by atoms with Crippen molar-refractivity contribution >= 4 is 0 Å². The molecule has 1 aliphatic carbocycles. The van der Waals surface area contributed by atoms with Crippen LogP contribution in [0.4, 0.5) is 0 Å². The van der Waals surface area contributed by atoms with Gasteiger partial charge in [-0.25, -0.2) is 0 Å². The fourth-order valence-corrected chi connectivity index (χ4v) is 2.65. The topological polar surface area (TPSA) is 12.0 Å². The van der Waals surface area contributed by atoms with Crippen molar-refractivity contribution in [2.75, 3.05) is 13.1 Å². The molecule has 3 atom stereocenters. The normalized spacial score (nSPS) is 27.8. The van der Waals surface area contributed by atoms with E-state index in [4.69, 9.17) is 0 Å². The number of nitrogens with one attached hydrogen (secondary N) is 1. The second-order valence-electron chi connectivity index (χ2n) is 7.22. The molecule has 0 saturated carbocycles. The molecule has 0 aromatic carbocycles. The molecule has 0 heterocycles. The van der Waals surface area contributed by atoms with E-state index in [9.17, 15) is 0 Å². The average Bonchev–Trinajstić information content (AvgIpc) is 2.14. The molecule has 3 unspecified atom stereocenters. The van der Waals surface area contributed by atoms with Crippen molar-refractivity contribution in [1.29, 1.82) is 0 Å². The highest BCUT2D eigenvalue weighted by Crippen LogP contribution is 2.28. The summed E-state index contributed by atoms with van der Waals surface area (Å²) in [7, 11) is 0. The number of rotatable bonds is 4. The van der Waals surface area contributed by atoms with E-state index in [1.807, 2.05) is 0 Å². The molecule has 0 aliphatic heterocycles. The van der Waals surface area contributed by atoms with Gasteiger partial charge in [-0.3, -0.25) is 0 Å². The number of allylic oxidation sites excluding steroid dienone is 2. The van der Waals surface area contributed by atoms with E-state index < -0.39 is 0 Å². The number of hydrogen-bond acceptors (Lipinski definition) is 1. The summed E-state index contributed by atoms with van der Waals surface area (Å²) >= 11 is 0. The van der Waals surface area contributed by atoms with Crippen LogP contribution >= 0.6 is 0 Å². The van der Waals surface area contributed by atoms with Crippen molar-refractivity contribution < 1.29 is 0 Å². The van der Waals surface area contributed by atoms with Gasteiger partial charge in [0.15, 0.2) is 0 Å². The first-order valence-electron chi connectivity index (χ1n) is 7.17. The van der Waals surface area contributed by atoms with E-state index in [-0.39, 0.29) is 0 Å². The van der Waals surface area contributed by atoms with Crippen LogP contribution in [0.3, 0.4) is 0 Å². The molecule has 1 heteroatoms. The SMILES string of the molecule is CC1=CC(C)CC(CNCC(C)C(C)(C)C)C1. The van der Waals surface area contributed by atoms with Crippen molar-refractivity contribution in [3.05, 3.63) is 11.6 Å². The third-order valence-electron chi connectivity index (χ3n) is 4.25. The second kappa shape index (κ2) is 6.04. The van der Waals surface area contributed by atoms with Crippen LogP contribution in [0.5, 0.6) is 0 Å². The van der Waals surface area contributed by atoms with Crippen LogP contribution in [-0.4, -0.2) is 13.1 Å². The quantitative estimate of drug-likeness (QED) is 0.721. The van der Waals surface area contributed by atoms with Crippen LogP contribution < -0.4 is 5.32 Å². The molecule has 17 heavy (non-hydrogen) atoms. The lowest BCUT2D eigenvalue weighted by molar-refractivity contribution is 0.245. The zero-order chi connectivity index (χ0) is 13.1. The van der Waals surface area contributed by atoms with E-state index in [0.717, 1.165) is 24.3 Å². The van der Waals surface area contributed by atoms with Gasteiger partial charge in [-0.1, -0.05) is 46.3 Å². The van der Waals surface area contributed by atoms with Crippen LogP contribution in [0.25, 0.3) is 0 Å². The van der Waals surface area contributed by atoms with Crippen molar-refractivity contribution in [3.63, 3.8) is 0 Å². The Hall–Kier alpha value is -0.300. The smallest absolute Gasteiger partial charge is 0.00171 e. The highest BCUT2D eigenvalue weighted by molar-refractivity contribution is 5.06. The van der Waals surface area contributed by atoms with Gasteiger partial charge in [-0.15, -0.1) is 0 Å². The van der Waals surface area contributed by atoms with Gasteiger partial charge >= 0.3 is 0 Å². The Morgan fingerprint density at radius 2 is 2.06 bits per heavy atom. The number of hydrogen-bond donors (Lipinski definition) is 1. The minimum atomic E-state index is 0.419. The van der Waals surface area contributed by atoms with Gasteiger partial charge in [0.25, 0.3) is 0 Å². The van der Waals surface area contributed by atoms with Crippen molar-refractivity contribution in [3.8, 4) is 0 Å². The highest BCUT2D eigenvalue weighted by Gasteiger charge is 2.21. The third kappa shape index (κ3) is 5.25. The molecule has 0 bridgehead atoms. The molecule has 0 spiro atoms. The standard InChI is InChI=1S/C16H31N/c1-12-7-13(2)9-15(8-12)11-17-10-14(3)16(4,5)6/h7,12,14-15,17H,8-11H2,1-6H3. The van der Waals surface area contributed by atoms with E-state index in [2.05, 4.69) is 52.9 Å². The Morgan fingerprint density at radius 3 is 2.59 bits per heavy atom. The van der Waals surface area contributed by atoms with E-state index in [1.54, 1.807) is 5.57 Å². The minimum absolute atomic E-state index is 0.419. The molecule has 0 aromatic rings. The Labute approximate surface area is 108 Å². The van der Waals surface area contributed by atoms with Gasteiger partial charge in [0.05, 0.1) is 0 Å². The van der Waals surface area contributed by atoms with Gasteiger partial charge in [0, 0.05) is 0 Å². The third-order valence-corrected chi connectivity index (χ3v) is 4.25. The maximum atomic E-state index is 3.68. The molecule has 0 saturated heterocycles. The van der Waals surface area contributed by atoms with E-state index in [1.165, 1.54) is 19.4 Å². The van der Waals surface area contributed by atoms with E-state index >= 15 is 0 Å². The Kier molecular flexibility index (Phi) is 5.24. The van der Waals surface area contributed by atoms with Crippen LogP contribution in [0.15, 0.2) is 11.6 Å². The van der Waals surface area contributed by atoms with Gasteiger partial charge in [0.1, 0.15) is 0 Å². The molecular formula is C16H31N. The fourth-order valence-electron chi connectivity index (χ4n) is 2.65. The monoisotopic (exact) mass is 237 g/mol. The van der Waals surface area contributed by atoms with Gasteiger partial charge in [0.2, 0.25) is 0 Å². The van der Waals surface area contributed by atoms with Crippen molar-refractivity contribution in [2.24, 2.45) is 23.2 Å². The molecule has 0 fully saturated rings.